The Balaban J connectivity index is 2.04. The summed E-state index contributed by atoms with van der Waals surface area (Å²) < 4.78 is 23.5. The van der Waals surface area contributed by atoms with Crippen LogP contribution in [0.15, 0.2) is 30.1 Å². The van der Waals surface area contributed by atoms with Crippen molar-refractivity contribution in [1.29, 1.82) is 0 Å². The highest BCUT2D eigenvalue weighted by Gasteiger charge is 2.21. The van der Waals surface area contributed by atoms with Gasteiger partial charge in [-0.05, 0) is 38.5 Å². The molecule has 0 saturated heterocycles. The van der Waals surface area contributed by atoms with Crippen LogP contribution >= 0.6 is 0 Å². The average molecular weight is 352 g/mol. The molecular formula is C17H21FN2O5. The van der Waals surface area contributed by atoms with E-state index < -0.39 is 17.8 Å². The molecule has 1 aromatic rings. The monoisotopic (exact) mass is 352 g/mol. The SMILES string of the molecule is CC(C)(C)OC(=O)NC/C(=C/F)C(O)c1ccc2c(c1)OCC(=O)N2. The number of ether oxygens (including phenoxy) is 2. The summed E-state index contributed by atoms with van der Waals surface area (Å²) in [5, 5.41) is 15.4. The van der Waals surface area contributed by atoms with Crippen molar-refractivity contribution in [2.75, 3.05) is 18.5 Å². The van der Waals surface area contributed by atoms with Gasteiger partial charge in [-0.3, -0.25) is 4.79 Å². The Bertz CT molecular complexity index is 697. The number of carbonyl (C=O) groups is 2. The molecule has 1 aromatic carbocycles. The Morgan fingerprint density at radius 3 is 2.88 bits per heavy atom. The summed E-state index contributed by atoms with van der Waals surface area (Å²) in [4.78, 5) is 22.9. The second-order valence-electron chi connectivity index (χ2n) is 6.53. The van der Waals surface area contributed by atoms with Crippen molar-refractivity contribution in [3.05, 3.63) is 35.7 Å². The predicted molar refractivity (Wildman–Crippen MR) is 89.0 cm³/mol. The Kier molecular flexibility index (Phi) is 5.63. The molecular weight excluding hydrogens is 331 g/mol. The highest BCUT2D eigenvalue weighted by atomic mass is 19.1. The second kappa shape index (κ2) is 7.52. The maximum Gasteiger partial charge on any atom is 0.407 e. The van der Waals surface area contributed by atoms with Gasteiger partial charge >= 0.3 is 6.09 Å². The number of halogens is 1. The van der Waals surface area contributed by atoms with Gasteiger partial charge in [-0.15, -0.1) is 0 Å². The van der Waals surface area contributed by atoms with E-state index in [0.717, 1.165) is 0 Å². The van der Waals surface area contributed by atoms with Crippen molar-refractivity contribution in [3.63, 3.8) is 0 Å². The van der Waals surface area contributed by atoms with Gasteiger partial charge < -0.3 is 25.2 Å². The van der Waals surface area contributed by atoms with Crippen LogP contribution in [-0.2, 0) is 9.53 Å². The fourth-order valence-corrected chi connectivity index (χ4v) is 2.16. The molecule has 1 aliphatic heterocycles. The molecule has 0 bridgehead atoms. The lowest BCUT2D eigenvalue weighted by Gasteiger charge is -2.22. The van der Waals surface area contributed by atoms with Crippen molar-refractivity contribution >= 4 is 17.7 Å². The predicted octanol–water partition coefficient (Wildman–Crippen LogP) is 2.43. The molecule has 0 radical (unpaired) electrons. The summed E-state index contributed by atoms with van der Waals surface area (Å²) in [5.41, 5.74) is 0.114. The molecule has 25 heavy (non-hydrogen) atoms. The van der Waals surface area contributed by atoms with Gasteiger partial charge in [-0.1, -0.05) is 6.07 Å². The van der Waals surface area contributed by atoms with E-state index in [2.05, 4.69) is 10.6 Å². The third-order valence-corrected chi connectivity index (χ3v) is 3.28. The van der Waals surface area contributed by atoms with E-state index in [0.29, 0.717) is 17.0 Å². The van der Waals surface area contributed by atoms with Crippen LogP contribution in [0, 0.1) is 0 Å². The minimum absolute atomic E-state index is 0.0503. The Morgan fingerprint density at radius 2 is 2.24 bits per heavy atom. The average Bonchev–Trinajstić information content (AvgIpc) is 2.53. The molecule has 1 atom stereocenters. The molecule has 0 fully saturated rings. The first kappa shape index (κ1) is 18.7. The first-order chi connectivity index (χ1) is 11.7. The summed E-state index contributed by atoms with van der Waals surface area (Å²) in [6.45, 7) is 4.78. The van der Waals surface area contributed by atoms with E-state index in [1.54, 1.807) is 26.8 Å². The first-order valence-corrected chi connectivity index (χ1v) is 7.70. The number of carbonyl (C=O) groups excluding carboxylic acids is 2. The topological polar surface area (TPSA) is 96.9 Å². The summed E-state index contributed by atoms with van der Waals surface area (Å²) in [5.74, 6) is 0.112. The second-order valence-corrected chi connectivity index (χ2v) is 6.53. The zero-order chi connectivity index (χ0) is 18.6. The van der Waals surface area contributed by atoms with Crippen molar-refractivity contribution < 1.29 is 28.6 Å². The summed E-state index contributed by atoms with van der Waals surface area (Å²) in [6.07, 6.45) is -1.76. The quantitative estimate of drug-likeness (QED) is 0.773. The number of alkyl carbamates (subject to hydrolysis) is 1. The maximum atomic E-state index is 13.2. The first-order valence-electron chi connectivity index (χ1n) is 7.70. The van der Waals surface area contributed by atoms with Gasteiger partial charge in [-0.2, -0.15) is 0 Å². The smallest absolute Gasteiger partial charge is 0.407 e. The van der Waals surface area contributed by atoms with Gasteiger partial charge in [0.05, 0.1) is 12.0 Å². The lowest BCUT2D eigenvalue weighted by atomic mass is 10.0. The number of aliphatic hydroxyl groups excluding tert-OH is 1. The van der Waals surface area contributed by atoms with Crippen LogP contribution in [0.2, 0.25) is 0 Å². The number of fused-ring (bicyclic) bond motifs is 1. The Morgan fingerprint density at radius 1 is 1.52 bits per heavy atom. The molecule has 1 heterocycles. The number of benzene rings is 1. The summed E-state index contributed by atoms with van der Waals surface area (Å²) >= 11 is 0. The van der Waals surface area contributed by atoms with Crippen molar-refractivity contribution in [3.8, 4) is 5.75 Å². The molecule has 0 aliphatic carbocycles. The Labute approximate surface area is 144 Å². The van der Waals surface area contributed by atoms with Gasteiger partial charge in [0.15, 0.2) is 6.61 Å². The minimum Gasteiger partial charge on any atom is -0.482 e. The largest absolute Gasteiger partial charge is 0.482 e. The number of hydrogen-bond donors (Lipinski definition) is 3. The molecule has 0 aromatic heterocycles. The molecule has 1 unspecified atom stereocenters. The highest BCUT2D eigenvalue weighted by molar-refractivity contribution is 5.95. The molecule has 8 heteroatoms. The molecule has 0 spiro atoms. The molecule has 3 N–H and O–H groups in total. The summed E-state index contributed by atoms with van der Waals surface area (Å²) in [7, 11) is 0. The van der Waals surface area contributed by atoms with Crippen LogP contribution in [0.4, 0.5) is 14.9 Å². The van der Waals surface area contributed by atoms with Crippen LogP contribution < -0.4 is 15.4 Å². The van der Waals surface area contributed by atoms with Crippen LogP contribution in [0.3, 0.4) is 0 Å². The van der Waals surface area contributed by atoms with Crippen molar-refractivity contribution in [1.82, 2.24) is 5.32 Å². The molecule has 136 valence electrons. The lowest BCUT2D eigenvalue weighted by Crippen LogP contribution is -2.34. The number of aliphatic hydroxyl groups is 1. The molecule has 2 rings (SSSR count). The van der Waals surface area contributed by atoms with Crippen molar-refractivity contribution in [2.45, 2.75) is 32.5 Å². The van der Waals surface area contributed by atoms with Crippen LogP contribution in [0.5, 0.6) is 5.75 Å². The molecule has 2 amide bonds. The van der Waals surface area contributed by atoms with E-state index in [1.807, 2.05) is 0 Å². The Hall–Kier alpha value is -2.61. The van der Waals surface area contributed by atoms with E-state index in [-0.39, 0.29) is 31.0 Å². The minimum atomic E-state index is -1.29. The normalized spacial score (nSPS) is 15.6. The van der Waals surface area contributed by atoms with E-state index >= 15 is 0 Å². The number of rotatable bonds is 4. The third kappa shape index (κ3) is 5.18. The van der Waals surface area contributed by atoms with Crippen LogP contribution in [0.25, 0.3) is 0 Å². The van der Waals surface area contributed by atoms with Gasteiger partial charge in [0.2, 0.25) is 0 Å². The summed E-state index contributed by atoms with van der Waals surface area (Å²) in [6, 6.07) is 4.61. The zero-order valence-electron chi connectivity index (χ0n) is 14.3. The van der Waals surface area contributed by atoms with E-state index in [4.69, 9.17) is 9.47 Å². The zero-order valence-corrected chi connectivity index (χ0v) is 14.3. The fourth-order valence-electron chi connectivity index (χ4n) is 2.16. The van der Waals surface area contributed by atoms with Crippen LogP contribution in [-0.4, -0.2) is 35.9 Å². The highest BCUT2D eigenvalue weighted by Crippen LogP contribution is 2.32. The number of nitrogens with one attached hydrogen (secondary N) is 2. The molecule has 7 nitrogen and oxygen atoms in total. The van der Waals surface area contributed by atoms with Gasteiger partial charge in [-0.25, -0.2) is 9.18 Å². The van der Waals surface area contributed by atoms with Crippen molar-refractivity contribution in [2.24, 2.45) is 0 Å². The third-order valence-electron chi connectivity index (χ3n) is 3.28. The van der Waals surface area contributed by atoms with Crippen LogP contribution in [0.1, 0.15) is 32.4 Å². The number of amides is 2. The molecule has 1 aliphatic rings. The number of hydrogen-bond acceptors (Lipinski definition) is 5. The van der Waals surface area contributed by atoms with Gasteiger partial charge in [0, 0.05) is 12.1 Å². The number of anilines is 1. The molecule has 0 saturated carbocycles. The standard InChI is InChI=1S/C17H21FN2O5/c1-17(2,3)25-16(23)19-8-11(7-18)15(22)10-4-5-12-13(6-10)24-9-14(21)20-12/h4-7,15,22H,8-9H2,1-3H3,(H,19,23)(H,20,21)/b11-7-. The fraction of sp³-hybridized carbons (Fsp3) is 0.412. The van der Waals surface area contributed by atoms with Gasteiger partial charge in [0.1, 0.15) is 17.5 Å². The van der Waals surface area contributed by atoms with E-state index in [1.165, 1.54) is 12.1 Å². The lowest BCUT2D eigenvalue weighted by molar-refractivity contribution is -0.118. The maximum absolute atomic E-state index is 13.2. The van der Waals surface area contributed by atoms with E-state index in [9.17, 15) is 19.1 Å². The van der Waals surface area contributed by atoms with Gasteiger partial charge in [0.25, 0.3) is 5.91 Å².